The monoisotopic (exact) mass is 196 g/mol. The molecule has 0 saturated carbocycles. The van der Waals surface area contributed by atoms with Gasteiger partial charge in [0.25, 0.3) is 0 Å². The minimum absolute atomic E-state index is 0.233. The van der Waals surface area contributed by atoms with Crippen LogP contribution in [-0.2, 0) is 14.1 Å². The van der Waals surface area contributed by atoms with Gasteiger partial charge in [0.1, 0.15) is 12.3 Å². The van der Waals surface area contributed by atoms with Gasteiger partial charge < -0.3 is 14.5 Å². The highest BCUT2D eigenvalue weighted by atomic mass is 31.2. The predicted octanol–water partition coefficient (Wildman–Crippen LogP) is 0.158. The van der Waals surface area contributed by atoms with E-state index in [2.05, 4.69) is 0 Å². The SMILES string of the molecule is CCOCC(=O)C(C)P(=O)(O)O. The number of hydrogen-bond acceptors (Lipinski definition) is 3. The number of hydrogen-bond donors (Lipinski definition) is 2. The molecule has 0 saturated heterocycles. The molecule has 0 spiro atoms. The Morgan fingerprint density at radius 3 is 2.42 bits per heavy atom. The van der Waals surface area contributed by atoms with E-state index >= 15 is 0 Å². The van der Waals surface area contributed by atoms with Crippen molar-refractivity contribution in [2.45, 2.75) is 19.5 Å². The zero-order chi connectivity index (χ0) is 9.78. The van der Waals surface area contributed by atoms with E-state index < -0.39 is 19.0 Å². The number of carbonyl (C=O) groups excluding carboxylic acids is 1. The molecule has 1 atom stereocenters. The molecule has 0 heterocycles. The normalized spacial score (nSPS) is 14.3. The Morgan fingerprint density at radius 1 is 1.58 bits per heavy atom. The summed E-state index contributed by atoms with van der Waals surface area (Å²) in [6, 6.07) is 0. The van der Waals surface area contributed by atoms with Gasteiger partial charge in [0, 0.05) is 6.61 Å². The largest absolute Gasteiger partial charge is 0.374 e. The van der Waals surface area contributed by atoms with Crippen LogP contribution in [0.15, 0.2) is 0 Å². The summed E-state index contributed by atoms with van der Waals surface area (Å²) in [7, 11) is -4.28. The van der Waals surface area contributed by atoms with Gasteiger partial charge in [0.2, 0.25) is 0 Å². The van der Waals surface area contributed by atoms with Crippen LogP contribution in [0.3, 0.4) is 0 Å². The number of Topliss-reactive ketones (excluding diaryl/α,β-unsaturated/α-hetero) is 1. The molecule has 0 radical (unpaired) electrons. The molecule has 5 nitrogen and oxygen atoms in total. The van der Waals surface area contributed by atoms with E-state index in [-0.39, 0.29) is 6.61 Å². The zero-order valence-electron chi connectivity index (χ0n) is 7.06. The van der Waals surface area contributed by atoms with E-state index in [1.54, 1.807) is 6.92 Å². The van der Waals surface area contributed by atoms with E-state index in [0.29, 0.717) is 6.61 Å². The molecule has 0 bridgehead atoms. The lowest BCUT2D eigenvalue weighted by Crippen LogP contribution is -2.22. The van der Waals surface area contributed by atoms with Crippen LogP contribution >= 0.6 is 7.60 Å². The van der Waals surface area contributed by atoms with Crippen molar-refractivity contribution in [1.82, 2.24) is 0 Å². The van der Waals surface area contributed by atoms with Gasteiger partial charge in [-0.05, 0) is 13.8 Å². The van der Waals surface area contributed by atoms with E-state index in [1.165, 1.54) is 6.92 Å². The first-order chi connectivity index (χ1) is 5.39. The van der Waals surface area contributed by atoms with E-state index in [4.69, 9.17) is 14.5 Å². The van der Waals surface area contributed by atoms with Crippen LogP contribution < -0.4 is 0 Å². The summed E-state index contributed by atoms with van der Waals surface area (Å²) in [4.78, 5) is 28.1. The van der Waals surface area contributed by atoms with Crippen molar-refractivity contribution in [3.63, 3.8) is 0 Å². The fraction of sp³-hybridized carbons (Fsp3) is 0.833. The Kier molecular flexibility index (Phi) is 4.63. The van der Waals surface area contributed by atoms with Crippen LogP contribution in [0, 0.1) is 0 Å². The fourth-order valence-corrected chi connectivity index (χ4v) is 0.961. The third-order valence-corrected chi connectivity index (χ3v) is 2.72. The summed E-state index contributed by atoms with van der Waals surface area (Å²) in [6.45, 7) is 3.03. The van der Waals surface area contributed by atoms with Gasteiger partial charge in [-0.3, -0.25) is 9.36 Å². The molecule has 0 fully saturated rings. The lowest BCUT2D eigenvalue weighted by Gasteiger charge is -2.11. The molecule has 0 aliphatic carbocycles. The van der Waals surface area contributed by atoms with Crippen LogP contribution in [0.4, 0.5) is 0 Å². The van der Waals surface area contributed by atoms with Crippen LogP contribution in [0.25, 0.3) is 0 Å². The first kappa shape index (κ1) is 11.8. The lowest BCUT2D eigenvalue weighted by atomic mass is 10.3. The number of rotatable bonds is 5. The third kappa shape index (κ3) is 3.97. The molecule has 1 unspecified atom stereocenters. The highest BCUT2D eigenvalue weighted by molar-refractivity contribution is 7.53. The van der Waals surface area contributed by atoms with Gasteiger partial charge in [-0.25, -0.2) is 0 Å². The standard InChI is InChI=1S/C6H13O5P/c1-3-11-4-6(7)5(2)12(8,9)10/h5H,3-4H2,1-2H3,(H2,8,9,10). The molecule has 6 heteroatoms. The zero-order valence-corrected chi connectivity index (χ0v) is 7.95. The van der Waals surface area contributed by atoms with Crippen LogP contribution in [0.2, 0.25) is 0 Å². The fourth-order valence-electron chi connectivity index (χ4n) is 0.511. The smallest absolute Gasteiger partial charge is 0.335 e. The van der Waals surface area contributed by atoms with Crippen molar-refractivity contribution in [2.75, 3.05) is 13.2 Å². The molecule has 72 valence electrons. The maximum absolute atomic E-state index is 10.9. The minimum Gasteiger partial charge on any atom is -0.374 e. The quantitative estimate of drug-likeness (QED) is 0.612. The average Bonchev–Trinajstić information content (AvgIpc) is 1.97. The van der Waals surface area contributed by atoms with E-state index in [9.17, 15) is 9.36 Å². The van der Waals surface area contributed by atoms with Crippen molar-refractivity contribution in [1.29, 1.82) is 0 Å². The highest BCUT2D eigenvalue weighted by Crippen LogP contribution is 2.41. The number of carbonyl (C=O) groups is 1. The van der Waals surface area contributed by atoms with Crippen molar-refractivity contribution in [2.24, 2.45) is 0 Å². The maximum Gasteiger partial charge on any atom is 0.335 e. The number of ketones is 1. The number of ether oxygens (including phenoxy) is 1. The Bertz CT molecular complexity index is 196. The van der Waals surface area contributed by atoms with Gasteiger partial charge in [-0.1, -0.05) is 0 Å². The Balaban J connectivity index is 4.03. The van der Waals surface area contributed by atoms with Gasteiger partial charge in [-0.15, -0.1) is 0 Å². The van der Waals surface area contributed by atoms with E-state index in [0.717, 1.165) is 0 Å². The summed E-state index contributed by atoms with van der Waals surface area (Å²) >= 11 is 0. The van der Waals surface area contributed by atoms with Gasteiger partial charge in [0.15, 0.2) is 5.78 Å². The Labute approximate surface area is 70.9 Å². The molecular weight excluding hydrogens is 183 g/mol. The van der Waals surface area contributed by atoms with Gasteiger partial charge in [0.05, 0.1) is 0 Å². The third-order valence-electron chi connectivity index (χ3n) is 1.42. The van der Waals surface area contributed by atoms with Crippen LogP contribution in [0.5, 0.6) is 0 Å². The molecule has 0 aromatic heterocycles. The van der Waals surface area contributed by atoms with Crippen molar-refractivity contribution in [3.8, 4) is 0 Å². The van der Waals surface area contributed by atoms with Gasteiger partial charge >= 0.3 is 7.60 Å². The predicted molar refractivity (Wildman–Crippen MR) is 43.0 cm³/mol. The van der Waals surface area contributed by atoms with Crippen molar-refractivity contribution < 1.29 is 23.9 Å². The molecule has 0 aromatic carbocycles. The first-order valence-corrected chi connectivity index (χ1v) is 5.23. The second-order valence-corrected chi connectivity index (χ2v) is 4.32. The summed E-state index contributed by atoms with van der Waals surface area (Å²) in [5.74, 6) is -0.565. The molecule has 0 amide bonds. The second kappa shape index (κ2) is 4.72. The van der Waals surface area contributed by atoms with E-state index in [1.807, 2.05) is 0 Å². The summed E-state index contributed by atoms with van der Waals surface area (Å²) in [5.41, 5.74) is -1.26. The minimum atomic E-state index is -4.28. The van der Waals surface area contributed by atoms with Crippen molar-refractivity contribution in [3.05, 3.63) is 0 Å². The first-order valence-electron chi connectivity index (χ1n) is 3.55. The molecule has 2 N–H and O–H groups in total. The Hall–Kier alpha value is -0.220. The average molecular weight is 196 g/mol. The van der Waals surface area contributed by atoms with Crippen molar-refractivity contribution >= 4 is 13.4 Å². The van der Waals surface area contributed by atoms with Crippen LogP contribution in [-0.4, -0.2) is 34.4 Å². The summed E-state index contributed by atoms with van der Waals surface area (Å²) in [5, 5.41) is 0. The van der Waals surface area contributed by atoms with Gasteiger partial charge in [-0.2, -0.15) is 0 Å². The Morgan fingerprint density at radius 2 is 2.08 bits per heavy atom. The maximum atomic E-state index is 10.9. The molecule has 0 rings (SSSR count). The second-order valence-electron chi connectivity index (χ2n) is 2.37. The summed E-state index contributed by atoms with van der Waals surface area (Å²) < 4.78 is 15.3. The summed E-state index contributed by atoms with van der Waals surface area (Å²) in [6.07, 6.45) is 0. The molecule has 0 aliphatic heterocycles. The van der Waals surface area contributed by atoms with Crippen LogP contribution in [0.1, 0.15) is 13.8 Å². The topological polar surface area (TPSA) is 83.8 Å². The molecule has 0 aromatic rings. The highest BCUT2D eigenvalue weighted by Gasteiger charge is 2.30. The lowest BCUT2D eigenvalue weighted by molar-refractivity contribution is -0.123. The molecule has 0 aliphatic rings. The molecular formula is C6H13O5P. The molecule has 12 heavy (non-hydrogen) atoms.